The van der Waals surface area contributed by atoms with E-state index < -0.39 is 0 Å². The fraction of sp³-hybridized carbons (Fsp3) is 0.476. The summed E-state index contributed by atoms with van der Waals surface area (Å²) in [5, 5.41) is 3.45. The van der Waals surface area contributed by atoms with Crippen LogP contribution in [0.3, 0.4) is 0 Å². The first-order valence-corrected chi connectivity index (χ1v) is 9.87. The van der Waals surface area contributed by atoms with Gasteiger partial charge in [0.25, 0.3) is 0 Å². The van der Waals surface area contributed by atoms with Crippen molar-refractivity contribution in [2.45, 2.75) is 57.8 Å². The zero-order chi connectivity index (χ0) is 19.7. The van der Waals surface area contributed by atoms with Gasteiger partial charge in [-0.2, -0.15) is 0 Å². The molecule has 1 fully saturated rings. The van der Waals surface area contributed by atoms with Gasteiger partial charge in [-0.05, 0) is 38.8 Å². The number of aromatic nitrogens is 4. The molecule has 2 aromatic heterocycles. The minimum atomic E-state index is 0. The first-order valence-electron chi connectivity index (χ1n) is 9.87. The van der Waals surface area contributed by atoms with Crippen LogP contribution in [0.25, 0.3) is 11.0 Å². The maximum absolute atomic E-state index is 5.96. The van der Waals surface area contributed by atoms with E-state index in [-0.39, 0.29) is 30.9 Å². The molecule has 0 radical (unpaired) electrons. The largest absolute Gasteiger partial charge is 0.377 e. The summed E-state index contributed by atoms with van der Waals surface area (Å²) in [5.41, 5.74) is 9.18. The molecular weight excluding hydrogens is 423 g/mol. The molecule has 7 nitrogen and oxygen atoms in total. The lowest BCUT2D eigenvalue weighted by atomic mass is 9.78. The number of benzene rings is 1. The van der Waals surface area contributed by atoms with Gasteiger partial charge in [-0.15, -0.1) is 24.8 Å². The molecule has 0 aliphatic heterocycles. The highest BCUT2D eigenvalue weighted by Gasteiger charge is 2.29. The summed E-state index contributed by atoms with van der Waals surface area (Å²) in [7, 11) is 1.66. The van der Waals surface area contributed by atoms with E-state index in [1.165, 1.54) is 0 Å². The summed E-state index contributed by atoms with van der Waals surface area (Å²) >= 11 is 0. The summed E-state index contributed by atoms with van der Waals surface area (Å²) in [4.78, 5) is 14.1. The lowest BCUT2D eigenvalue weighted by Gasteiger charge is -2.32. The fourth-order valence-electron chi connectivity index (χ4n) is 3.88. The Morgan fingerprint density at radius 1 is 1.17 bits per heavy atom. The van der Waals surface area contributed by atoms with E-state index in [1.807, 2.05) is 12.1 Å². The smallest absolute Gasteiger partial charge is 0.156 e. The van der Waals surface area contributed by atoms with Crippen LogP contribution >= 0.6 is 24.8 Å². The second-order valence-corrected chi connectivity index (χ2v) is 7.79. The normalized spacial score (nSPS) is 17.9. The van der Waals surface area contributed by atoms with E-state index in [0.717, 1.165) is 41.2 Å². The van der Waals surface area contributed by atoms with Crippen LogP contribution in [-0.4, -0.2) is 32.7 Å². The Morgan fingerprint density at radius 2 is 1.90 bits per heavy atom. The molecule has 164 valence electrons. The number of nitrogens with one attached hydrogen (secondary N) is 1. The summed E-state index contributed by atoms with van der Waals surface area (Å²) in [6, 6.07) is 10.9. The third-order valence-electron chi connectivity index (χ3n) is 5.27. The van der Waals surface area contributed by atoms with E-state index in [0.29, 0.717) is 30.9 Å². The lowest BCUT2D eigenvalue weighted by molar-refractivity contribution is 0.177. The van der Waals surface area contributed by atoms with Crippen molar-refractivity contribution in [1.29, 1.82) is 0 Å². The molecule has 0 unspecified atom stereocenters. The topological polar surface area (TPSA) is 90.9 Å². The lowest BCUT2D eigenvalue weighted by Crippen LogP contribution is -2.35. The van der Waals surface area contributed by atoms with Crippen molar-refractivity contribution in [3.63, 3.8) is 0 Å². The van der Waals surface area contributed by atoms with Crippen molar-refractivity contribution < 1.29 is 4.74 Å². The van der Waals surface area contributed by atoms with Gasteiger partial charge in [0.15, 0.2) is 5.82 Å². The Balaban J connectivity index is 0.00000160. The number of halogens is 2. The van der Waals surface area contributed by atoms with E-state index >= 15 is 0 Å². The third kappa shape index (κ3) is 5.03. The van der Waals surface area contributed by atoms with Crippen molar-refractivity contribution >= 4 is 41.7 Å². The van der Waals surface area contributed by atoms with E-state index in [4.69, 9.17) is 15.5 Å². The number of nitrogens with two attached hydrogens (primary N) is 1. The number of hydrogen-bond donors (Lipinski definition) is 2. The number of fused-ring (bicyclic) bond motifs is 1. The maximum atomic E-state index is 5.96. The highest BCUT2D eigenvalue weighted by atomic mass is 35.5. The summed E-state index contributed by atoms with van der Waals surface area (Å²) < 4.78 is 7.52. The van der Waals surface area contributed by atoms with Crippen molar-refractivity contribution in [2.75, 3.05) is 12.4 Å². The zero-order valence-corrected chi connectivity index (χ0v) is 19.2. The maximum Gasteiger partial charge on any atom is 0.156 e. The van der Waals surface area contributed by atoms with Crippen LogP contribution in [0.2, 0.25) is 0 Å². The van der Waals surface area contributed by atoms with Gasteiger partial charge >= 0.3 is 0 Å². The molecule has 0 amide bonds. The van der Waals surface area contributed by atoms with Crippen LogP contribution in [0.1, 0.15) is 56.0 Å². The summed E-state index contributed by atoms with van der Waals surface area (Å²) in [6.07, 6.45) is 1.96. The van der Waals surface area contributed by atoms with Crippen LogP contribution in [0.4, 0.5) is 5.82 Å². The predicted molar refractivity (Wildman–Crippen MR) is 125 cm³/mol. The van der Waals surface area contributed by atoms with E-state index in [2.05, 4.69) is 51.9 Å². The molecule has 1 aromatic carbocycles. The first kappa shape index (κ1) is 24.3. The van der Waals surface area contributed by atoms with E-state index in [1.54, 1.807) is 7.11 Å². The van der Waals surface area contributed by atoms with Crippen LogP contribution in [0, 0.1) is 0 Å². The Hall–Kier alpha value is -1.93. The molecule has 0 saturated heterocycles. The quantitative estimate of drug-likeness (QED) is 0.557. The molecule has 0 atom stereocenters. The average molecular weight is 453 g/mol. The van der Waals surface area contributed by atoms with Crippen LogP contribution in [0.15, 0.2) is 30.3 Å². The molecule has 0 spiro atoms. The van der Waals surface area contributed by atoms with Gasteiger partial charge < -0.3 is 20.4 Å². The van der Waals surface area contributed by atoms with Gasteiger partial charge in [0.1, 0.15) is 18.2 Å². The van der Waals surface area contributed by atoms with Gasteiger partial charge in [-0.25, -0.2) is 15.0 Å². The molecule has 2 heterocycles. The Labute approximate surface area is 189 Å². The number of hydrogen-bond acceptors (Lipinski definition) is 6. The molecule has 1 aliphatic rings. The van der Waals surface area contributed by atoms with Crippen LogP contribution < -0.4 is 11.1 Å². The third-order valence-corrected chi connectivity index (χ3v) is 5.27. The minimum absolute atomic E-state index is 0. The monoisotopic (exact) mass is 452 g/mol. The molecule has 9 heteroatoms. The van der Waals surface area contributed by atoms with Gasteiger partial charge in [-0.1, -0.05) is 12.1 Å². The number of anilines is 1. The summed E-state index contributed by atoms with van der Waals surface area (Å²) in [5.74, 6) is 2.91. The number of para-hydroxylation sites is 2. The number of imidazole rings is 1. The molecule has 1 saturated carbocycles. The van der Waals surface area contributed by atoms with Crippen LogP contribution in [0.5, 0.6) is 0 Å². The molecule has 3 aromatic rings. The second-order valence-electron chi connectivity index (χ2n) is 7.79. The van der Waals surface area contributed by atoms with Gasteiger partial charge in [-0.3, -0.25) is 0 Å². The van der Waals surface area contributed by atoms with Crippen LogP contribution in [-0.2, 0) is 17.9 Å². The zero-order valence-electron chi connectivity index (χ0n) is 17.5. The highest BCUT2D eigenvalue weighted by Crippen LogP contribution is 2.35. The highest BCUT2D eigenvalue weighted by molar-refractivity contribution is 5.85. The fourth-order valence-corrected chi connectivity index (χ4v) is 3.88. The van der Waals surface area contributed by atoms with Gasteiger partial charge in [0, 0.05) is 36.9 Å². The predicted octanol–water partition coefficient (Wildman–Crippen LogP) is 4.21. The standard InChI is InChI=1S/C21H28N6O.2ClH/c1-13(2)27-18-7-5-4-6-16(18)25-21(27)11-23-19-10-17(14-8-15(22)9-14)24-20(26-19)12-28-3;;/h4-7,10,13-15H,8-9,11-12,22H2,1-3H3,(H,23,24,26);2*1H. The van der Waals surface area contributed by atoms with Crippen molar-refractivity contribution in [3.05, 3.63) is 47.7 Å². The number of methoxy groups -OCH3 is 1. The molecule has 4 rings (SSSR count). The minimum Gasteiger partial charge on any atom is -0.377 e. The first-order chi connectivity index (χ1) is 13.5. The molecule has 1 aliphatic carbocycles. The molecule has 3 N–H and O–H groups in total. The average Bonchev–Trinajstić information content (AvgIpc) is 3.02. The van der Waals surface area contributed by atoms with Crippen molar-refractivity contribution in [1.82, 2.24) is 19.5 Å². The molecular formula is C21H30Cl2N6O. The molecule has 30 heavy (non-hydrogen) atoms. The Kier molecular flexibility index (Phi) is 8.43. The Bertz CT molecular complexity index is 971. The second kappa shape index (κ2) is 10.4. The van der Waals surface area contributed by atoms with Gasteiger partial charge in [0.2, 0.25) is 0 Å². The summed E-state index contributed by atoms with van der Waals surface area (Å²) in [6.45, 7) is 5.35. The number of rotatable bonds is 7. The SMILES string of the molecule is COCc1nc(NCc2nc3ccccc3n2C(C)C)cc(C2CC(N)C2)n1.Cl.Cl. The number of ether oxygens (including phenoxy) is 1. The Morgan fingerprint density at radius 3 is 2.57 bits per heavy atom. The molecule has 0 bridgehead atoms. The van der Waals surface area contributed by atoms with Gasteiger partial charge in [0.05, 0.1) is 17.6 Å². The van der Waals surface area contributed by atoms with Crippen molar-refractivity contribution in [2.24, 2.45) is 5.73 Å². The van der Waals surface area contributed by atoms with Crippen molar-refractivity contribution in [3.8, 4) is 0 Å². The number of nitrogens with zero attached hydrogens (tertiary/aromatic N) is 4. The van der Waals surface area contributed by atoms with E-state index in [9.17, 15) is 0 Å².